The molecule has 0 aromatic heterocycles. The van der Waals surface area contributed by atoms with Gasteiger partial charge in [-0.1, -0.05) is 60.7 Å². The number of rotatable bonds is 13. The highest BCUT2D eigenvalue weighted by molar-refractivity contribution is 5.68. The minimum atomic E-state index is -1.79. The van der Waals surface area contributed by atoms with E-state index in [2.05, 4.69) is 0 Å². The average molecular weight is 649 g/mol. The van der Waals surface area contributed by atoms with Crippen molar-refractivity contribution in [1.82, 2.24) is 0 Å². The number of hydrogen-bond acceptors (Lipinski definition) is 14. The number of hydrogen-bond donors (Lipinski definition) is 3. The molecule has 46 heavy (non-hydrogen) atoms. The van der Waals surface area contributed by atoms with E-state index in [1.807, 2.05) is 60.7 Å². The van der Waals surface area contributed by atoms with Gasteiger partial charge in [0.15, 0.2) is 30.9 Å². The summed E-state index contributed by atoms with van der Waals surface area (Å²) in [5.74, 6) is -2.37. The molecule has 2 aliphatic heterocycles. The Hall–Kier alpha value is -3.47. The van der Waals surface area contributed by atoms with Crippen molar-refractivity contribution in [2.75, 3.05) is 13.2 Å². The summed E-state index contributed by atoms with van der Waals surface area (Å²) in [5, 5.41) is 31.9. The van der Waals surface area contributed by atoms with Crippen molar-refractivity contribution in [2.45, 2.75) is 95.4 Å². The van der Waals surface area contributed by atoms with Crippen LogP contribution in [0.4, 0.5) is 0 Å². The highest BCUT2D eigenvalue weighted by Crippen LogP contribution is 2.32. The van der Waals surface area contributed by atoms with Crippen LogP contribution in [0.1, 0.15) is 31.9 Å². The summed E-state index contributed by atoms with van der Waals surface area (Å²) in [5.41, 5.74) is 1.64. The van der Waals surface area contributed by atoms with E-state index < -0.39 is 92.5 Å². The van der Waals surface area contributed by atoms with Crippen LogP contribution >= 0.6 is 0 Å². The minimum Gasteiger partial charge on any atom is -0.456 e. The van der Waals surface area contributed by atoms with Gasteiger partial charge in [0.05, 0.1) is 26.4 Å². The van der Waals surface area contributed by atoms with Crippen LogP contribution in [-0.4, -0.2) is 108 Å². The highest BCUT2D eigenvalue weighted by Gasteiger charge is 2.53. The molecule has 0 aliphatic carbocycles. The fourth-order valence-electron chi connectivity index (χ4n) is 5.27. The molecule has 252 valence electrons. The van der Waals surface area contributed by atoms with Crippen LogP contribution in [-0.2, 0) is 65.5 Å². The smallest absolute Gasteiger partial charge is 0.303 e. The van der Waals surface area contributed by atoms with E-state index in [9.17, 15) is 29.7 Å². The summed E-state index contributed by atoms with van der Waals surface area (Å²) in [6.45, 7) is 2.49. The molecule has 2 heterocycles. The average Bonchev–Trinajstić information content (AvgIpc) is 3.02. The molecule has 2 saturated heterocycles. The summed E-state index contributed by atoms with van der Waals surface area (Å²) in [4.78, 5) is 35.8. The first-order chi connectivity index (χ1) is 22.1. The molecule has 2 aromatic rings. The molecule has 2 fully saturated rings. The molecule has 4 rings (SSSR count). The lowest BCUT2D eigenvalue weighted by Crippen LogP contribution is -2.64. The van der Waals surface area contributed by atoms with Crippen LogP contribution in [0.15, 0.2) is 60.7 Å². The molecule has 10 atom stereocenters. The zero-order chi connectivity index (χ0) is 33.2. The molecule has 0 saturated carbocycles. The number of aliphatic hydroxyl groups excluding tert-OH is 3. The van der Waals surface area contributed by atoms with Gasteiger partial charge < -0.3 is 53.2 Å². The maximum absolute atomic E-state index is 12.1. The lowest BCUT2D eigenvalue weighted by Gasteiger charge is -2.45. The maximum Gasteiger partial charge on any atom is 0.303 e. The Morgan fingerprint density at radius 1 is 0.630 bits per heavy atom. The lowest BCUT2D eigenvalue weighted by molar-refractivity contribution is -0.337. The number of aliphatic hydroxyl groups is 3. The molecule has 14 nitrogen and oxygen atoms in total. The Balaban J connectivity index is 1.59. The first kappa shape index (κ1) is 35.4. The molecule has 0 amide bonds. The first-order valence-corrected chi connectivity index (χ1v) is 14.8. The van der Waals surface area contributed by atoms with E-state index in [4.69, 9.17) is 37.9 Å². The maximum atomic E-state index is 12.1. The fourth-order valence-corrected chi connectivity index (χ4v) is 5.27. The van der Waals surface area contributed by atoms with E-state index in [1.165, 1.54) is 0 Å². The lowest BCUT2D eigenvalue weighted by atomic mass is 9.97. The molecular weight excluding hydrogens is 608 g/mol. The van der Waals surface area contributed by atoms with Crippen molar-refractivity contribution >= 4 is 17.9 Å². The SMILES string of the molecule is CC(=O)OC1C(O)OC(COC2OC(CO)C(O)C(OCc3ccccc3)C2OCc2ccccc2)C(OC(C)=O)C1OC(C)=O. The van der Waals surface area contributed by atoms with Crippen molar-refractivity contribution < 1.29 is 67.6 Å². The minimum absolute atomic E-state index is 0.0870. The van der Waals surface area contributed by atoms with Gasteiger partial charge in [0.1, 0.15) is 30.5 Å². The standard InChI is InChI=1S/C32H40O14/c1-18(34)42-26-24(45-31(38)29(44-20(3)36)28(26)43-19(2)35)17-41-32-30(40-16-22-12-8-5-9-13-22)27(25(37)23(14-33)46-32)39-15-21-10-6-4-7-11-21/h4-13,23-33,37-38H,14-17H2,1-3H3. The van der Waals surface area contributed by atoms with Crippen LogP contribution in [0.2, 0.25) is 0 Å². The predicted molar refractivity (Wildman–Crippen MR) is 155 cm³/mol. The summed E-state index contributed by atoms with van der Waals surface area (Å²) >= 11 is 0. The van der Waals surface area contributed by atoms with Gasteiger partial charge in [-0.2, -0.15) is 0 Å². The number of benzene rings is 2. The molecule has 2 aromatic carbocycles. The molecule has 2 aliphatic rings. The fraction of sp³-hybridized carbons (Fsp3) is 0.531. The van der Waals surface area contributed by atoms with Gasteiger partial charge in [-0.15, -0.1) is 0 Å². The molecule has 0 radical (unpaired) electrons. The molecule has 10 unspecified atom stereocenters. The predicted octanol–water partition coefficient (Wildman–Crippen LogP) is 0.764. The Bertz CT molecular complexity index is 1260. The molecule has 0 spiro atoms. The van der Waals surface area contributed by atoms with Gasteiger partial charge in [-0.3, -0.25) is 14.4 Å². The zero-order valence-corrected chi connectivity index (χ0v) is 25.7. The van der Waals surface area contributed by atoms with Gasteiger partial charge in [0, 0.05) is 20.8 Å². The van der Waals surface area contributed by atoms with Crippen molar-refractivity contribution in [1.29, 1.82) is 0 Å². The largest absolute Gasteiger partial charge is 0.456 e. The number of carbonyl (C=O) groups is 3. The van der Waals surface area contributed by atoms with E-state index in [0.717, 1.165) is 31.9 Å². The third-order valence-corrected chi connectivity index (χ3v) is 7.31. The quantitative estimate of drug-likeness (QED) is 0.204. The summed E-state index contributed by atoms with van der Waals surface area (Å²) < 4.78 is 45.9. The van der Waals surface area contributed by atoms with Crippen LogP contribution in [0, 0.1) is 0 Å². The van der Waals surface area contributed by atoms with Crippen molar-refractivity contribution in [3.63, 3.8) is 0 Å². The van der Waals surface area contributed by atoms with Crippen LogP contribution in [0.3, 0.4) is 0 Å². The Labute approximate surface area is 266 Å². The van der Waals surface area contributed by atoms with E-state index in [0.29, 0.717) is 0 Å². The van der Waals surface area contributed by atoms with E-state index in [-0.39, 0.29) is 13.2 Å². The van der Waals surface area contributed by atoms with Gasteiger partial charge in [-0.05, 0) is 11.1 Å². The van der Waals surface area contributed by atoms with Crippen molar-refractivity contribution in [3.8, 4) is 0 Å². The molecular formula is C32H40O14. The number of ether oxygens (including phenoxy) is 8. The Kier molecular flexibility index (Phi) is 13.0. The monoisotopic (exact) mass is 648 g/mol. The van der Waals surface area contributed by atoms with Crippen molar-refractivity contribution in [3.05, 3.63) is 71.8 Å². The van der Waals surface area contributed by atoms with Crippen LogP contribution < -0.4 is 0 Å². The highest BCUT2D eigenvalue weighted by atomic mass is 16.7. The summed E-state index contributed by atoms with van der Waals surface area (Å²) in [6, 6.07) is 18.5. The van der Waals surface area contributed by atoms with Gasteiger partial charge in [0.25, 0.3) is 0 Å². The molecule has 0 bridgehead atoms. The second kappa shape index (κ2) is 16.9. The van der Waals surface area contributed by atoms with Crippen LogP contribution in [0.5, 0.6) is 0 Å². The Morgan fingerprint density at radius 2 is 1.13 bits per heavy atom. The zero-order valence-electron chi connectivity index (χ0n) is 25.7. The normalized spacial score (nSPS) is 31.1. The van der Waals surface area contributed by atoms with Crippen molar-refractivity contribution in [2.24, 2.45) is 0 Å². The van der Waals surface area contributed by atoms with Gasteiger partial charge in [0.2, 0.25) is 0 Å². The Morgan fingerprint density at radius 3 is 1.65 bits per heavy atom. The third kappa shape index (κ3) is 9.53. The van der Waals surface area contributed by atoms with E-state index in [1.54, 1.807) is 0 Å². The second-order valence-corrected chi connectivity index (χ2v) is 10.9. The number of carbonyl (C=O) groups excluding carboxylic acids is 3. The van der Waals surface area contributed by atoms with Gasteiger partial charge in [-0.25, -0.2) is 0 Å². The van der Waals surface area contributed by atoms with Crippen LogP contribution in [0.25, 0.3) is 0 Å². The molecule has 3 N–H and O–H groups in total. The van der Waals surface area contributed by atoms with E-state index >= 15 is 0 Å². The topological polar surface area (TPSA) is 186 Å². The number of esters is 3. The first-order valence-electron chi connectivity index (χ1n) is 14.8. The summed E-state index contributed by atoms with van der Waals surface area (Å²) in [6.07, 6.45) is -13.2. The van der Waals surface area contributed by atoms with Gasteiger partial charge >= 0.3 is 17.9 Å². The molecule has 14 heteroatoms. The third-order valence-electron chi connectivity index (χ3n) is 7.31. The summed E-state index contributed by atoms with van der Waals surface area (Å²) in [7, 11) is 0. The second-order valence-electron chi connectivity index (χ2n) is 10.9.